The third-order valence-corrected chi connectivity index (χ3v) is 3.34. The Hall–Kier alpha value is -2.39. The molecule has 106 valence electrons. The van der Waals surface area contributed by atoms with Crippen LogP contribution in [0.25, 0.3) is 10.8 Å². The standard InChI is InChI=1S/C18H18N2O/c1-2-8-17-16(6-1)7-3-9-18(17)21-12-11-20-14-15-5-4-10-19-13-15/h1-10,13,20H,11-12,14H2. The summed E-state index contributed by atoms with van der Waals surface area (Å²) in [5.74, 6) is 0.941. The minimum absolute atomic E-state index is 0.647. The van der Waals surface area contributed by atoms with Crippen LogP contribution in [0, 0.1) is 0 Å². The number of nitrogens with one attached hydrogen (secondary N) is 1. The van der Waals surface area contributed by atoms with Gasteiger partial charge in [-0.3, -0.25) is 4.98 Å². The molecule has 3 rings (SSSR count). The van der Waals surface area contributed by atoms with Crippen molar-refractivity contribution >= 4 is 10.8 Å². The second kappa shape index (κ2) is 6.86. The molecule has 0 aliphatic rings. The lowest BCUT2D eigenvalue weighted by Gasteiger charge is -2.10. The van der Waals surface area contributed by atoms with Gasteiger partial charge in [-0.15, -0.1) is 0 Å². The van der Waals surface area contributed by atoms with E-state index in [0.717, 1.165) is 24.2 Å². The van der Waals surface area contributed by atoms with Crippen molar-refractivity contribution in [3.05, 3.63) is 72.6 Å². The molecule has 0 aliphatic heterocycles. The number of hydrogen-bond donors (Lipinski definition) is 1. The van der Waals surface area contributed by atoms with Crippen molar-refractivity contribution < 1.29 is 4.74 Å². The minimum atomic E-state index is 0.647. The number of fused-ring (bicyclic) bond motifs is 1. The maximum Gasteiger partial charge on any atom is 0.127 e. The van der Waals surface area contributed by atoms with Crippen molar-refractivity contribution in [3.63, 3.8) is 0 Å². The Labute approximate surface area is 124 Å². The fourth-order valence-electron chi connectivity index (χ4n) is 2.29. The largest absolute Gasteiger partial charge is 0.492 e. The van der Waals surface area contributed by atoms with E-state index in [0.29, 0.717) is 6.61 Å². The molecule has 0 atom stereocenters. The van der Waals surface area contributed by atoms with Gasteiger partial charge in [0.2, 0.25) is 0 Å². The first-order valence-electron chi connectivity index (χ1n) is 7.14. The van der Waals surface area contributed by atoms with Crippen LogP contribution in [0.1, 0.15) is 5.56 Å². The summed E-state index contributed by atoms with van der Waals surface area (Å²) in [6, 6.07) is 18.4. The highest BCUT2D eigenvalue weighted by Gasteiger charge is 2.00. The lowest BCUT2D eigenvalue weighted by atomic mass is 10.1. The molecule has 0 radical (unpaired) electrons. The molecule has 0 amide bonds. The van der Waals surface area contributed by atoms with Crippen molar-refractivity contribution in [1.82, 2.24) is 10.3 Å². The topological polar surface area (TPSA) is 34.2 Å². The summed E-state index contributed by atoms with van der Waals surface area (Å²) < 4.78 is 5.88. The number of ether oxygens (including phenoxy) is 1. The van der Waals surface area contributed by atoms with E-state index in [9.17, 15) is 0 Å². The molecule has 0 bridgehead atoms. The number of rotatable bonds is 6. The summed E-state index contributed by atoms with van der Waals surface area (Å²) in [6.07, 6.45) is 3.66. The second-order valence-corrected chi connectivity index (χ2v) is 4.86. The molecule has 0 fully saturated rings. The van der Waals surface area contributed by atoms with Gasteiger partial charge in [0, 0.05) is 30.9 Å². The van der Waals surface area contributed by atoms with E-state index in [2.05, 4.69) is 34.6 Å². The number of hydrogen-bond acceptors (Lipinski definition) is 3. The smallest absolute Gasteiger partial charge is 0.127 e. The van der Waals surface area contributed by atoms with Crippen LogP contribution in [0.3, 0.4) is 0 Å². The molecule has 0 unspecified atom stereocenters. The molecule has 0 saturated heterocycles. The highest BCUT2D eigenvalue weighted by Crippen LogP contribution is 2.24. The molecule has 0 aliphatic carbocycles. The van der Waals surface area contributed by atoms with Crippen molar-refractivity contribution in [3.8, 4) is 5.75 Å². The van der Waals surface area contributed by atoms with Gasteiger partial charge in [-0.05, 0) is 23.1 Å². The minimum Gasteiger partial charge on any atom is -0.492 e. The maximum atomic E-state index is 5.88. The molecular weight excluding hydrogens is 260 g/mol. The molecular formula is C18H18N2O. The fraction of sp³-hybridized carbons (Fsp3) is 0.167. The quantitative estimate of drug-likeness (QED) is 0.702. The van der Waals surface area contributed by atoms with Gasteiger partial charge in [0.1, 0.15) is 12.4 Å². The van der Waals surface area contributed by atoms with Gasteiger partial charge < -0.3 is 10.1 Å². The Bertz CT molecular complexity index is 692. The van der Waals surface area contributed by atoms with Crippen LogP contribution in [0.2, 0.25) is 0 Å². The van der Waals surface area contributed by atoms with E-state index in [1.807, 2.05) is 36.5 Å². The molecule has 3 nitrogen and oxygen atoms in total. The molecule has 21 heavy (non-hydrogen) atoms. The summed E-state index contributed by atoms with van der Waals surface area (Å²) in [5, 5.41) is 5.72. The van der Waals surface area contributed by atoms with Crippen LogP contribution < -0.4 is 10.1 Å². The highest BCUT2D eigenvalue weighted by atomic mass is 16.5. The number of pyridine rings is 1. The molecule has 0 saturated carbocycles. The Morgan fingerprint density at radius 3 is 2.76 bits per heavy atom. The molecule has 0 spiro atoms. The van der Waals surface area contributed by atoms with E-state index < -0.39 is 0 Å². The van der Waals surface area contributed by atoms with Gasteiger partial charge in [-0.2, -0.15) is 0 Å². The number of nitrogens with zero attached hydrogens (tertiary/aromatic N) is 1. The Morgan fingerprint density at radius 1 is 0.952 bits per heavy atom. The molecule has 1 N–H and O–H groups in total. The summed E-state index contributed by atoms with van der Waals surface area (Å²) in [5.41, 5.74) is 1.18. The van der Waals surface area contributed by atoms with Gasteiger partial charge in [0.25, 0.3) is 0 Å². The third kappa shape index (κ3) is 3.58. The number of aromatic nitrogens is 1. The van der Waals surface area contributed by atoms with Gasteiger partial charge in [-0.1, -0.05) is 42.5 Å². The van der Waals surface area contributed by atoms with E-state index in [1.54, 1.807) is 6.20 Å². The molecule has 2 aromatic carbocycles. The predicted octanol–water partition coefficient (Wildman–Crippen LogP) is 3.40. The second-order valence-electron chi connectivity index (χ2n) is 4.86. The summed E-state index contributed by atoms with van der Waals surface area (Å²) in [4.78, 5) is 4.09. The van der Waals surface area contributed by atoms with Crippen molar-refractivity contribution in [1.29, 1.82) is 0 Å². The van der Waals surface area contributed by atoms with E-state index in [4.69, 9.17) is 4.74 Å². The van der Waals surface area contributed by atoms with E-state index in [-0.39, 0.29) is 0 Å². The number of benzene rings is 2. The van der Waals surface area contributed by atoms with Crippen molar-refractivity contribution in [2.45, 2.75) is 6.54 Å². The first kappa shape index (κ1) is 13.6. The van der Waals surface area contributed by atoms with Gasteiger partial charge in [-0.25, -0.2) is 0 Å². The molecule has 1 heterocycles. The van der Waals surface area contributed by atoms with Crippen LogP contribution in [-0.2, 0) is 6.54 Å². The van der Waals surface area contributed by atoms with Crippen LogP contribution >= 0.6 is 0 Å². The summed E-state index contributed by atoms with van der Waals surface area (Å²) >= 11 is 0. The molecule has 1 aromatic heterocycles. The van der Waals surface area contributed by atoms with Crippen LogP contribution in [0.4, 0.5) is 0 Å². The molecule has 3 heteroatoms. The Morgan fingerprint density at radius 2 is 1.86 bits per heavy atom. The Balaban J connectivity index is 1.51. The first-order chi connectivity index (χ1) is 10.4. The summed E-state index contributed by atoms with van der Waals surface area (Å²) in [6.45, 7) is 2.26. The average molecular weight is 278 g/mol. The van der Waals surface area contributed by atoms with Gasteiger partial charge in [0.15, 0.2) is 0 Å². The van der Waals surface area contributed by atoms with Gasteiger partial charge in [0.05, 0.1) is 0 Å². The average Bonchev–Trinajstić information content (AvgIpc) is 2.56. The van der Waals surface area contributed by atoms with Crippen molar-refractivity contribution in [2.75, 3.05) is 13.2 Å². The van der Waals surface area contributed by atoms with Gasteiger partial charge >= 0.3 is 0 Å². The van der Waals surface area contributed by atoms with Crippen LogP contribution in [-0.4, -0.2) is 18.1 Å². The third-order valence-electron chi connectivity index (χ3n) is 3.34. The zero-order valence-corrected chi connectivity index (χ0v) is 11.8. The zero-order chi connectivity index (χ0) is 14.3. The lowest BCUT2D eigenvalue weighted by molar-refractivity contribution is 0.317. The van der Waals surface area contributed by atoms with E-state index in [1.165, 1.54) is 10.9 Å². The molecule has 3 aromatic rings. The lowest BCUT2D eigenvalue weighted by Crippen LogP contribution is -2.20. The van der Waals surface area contributed by atoms with Crippen LogP contribution in [0.15, 0.2) is 67.0 Å². The Kier molecular flexibility index (Phi) is 4.44. The first-order valence-corrected chi connectivity index (χ1v) is 7.14. The predicted molar refractivity (Wildman–Crippen MR) is 85.4 cm³/mol. The van der Waals surface area contributed by atoms with Crippen molar-refractivity contribution in [2.24, 2.45) is 0 Å². The highest BCUT2D eigenvalue weighted by molar-refractivity contribution is 5.88. The fourth-order valence-corrected chi connectivity index (χ4v) is 2.29. The normalized spacial score (nSPS) is 10.7. The van der Waals surface area contributed by atoms with Crippen LogP contribution in [0.5, 0.6) is 5.75 Å². The maximum absolute atomic E-state index is 5.88. The summed E-state index contributed by atoms with van der Waals surface area (Å²) in [7, 11) is 0. The zero-order valence-electron chi connectivity index (χ0n) is 11.8. The SMILES string of the molecule is c1cncc(CNCCOc2cccc3ccccc23)c1. The monoisotopic (exact) mass is 278 g/mol. The van der Waals surface area contributed by atoms with E-state index >= 15 is 0 Å².